The number of halogens is 2. The molecule has 0 aliphatic carbocycles. The molecule has 1 fully saturated rings. The van der Waals surface area contributed by atoms with Gasteiger partial charge >= 0.3 is 5.97 Å². The second-order valence-electron chi connectivity index (χ2n) is 7.08. The zero-order valence-corrected chi connectivity index (χ0v) is 18.1. The van der Waals surface area contributed by atoms with Crippen LogP contribution < -0.4 is 15.4 Å². The fourth-order valence-electron chi connectivity index (χ4n) is 3.33. The number of amides is 1. The molecule has 1 saturated heterocycles. The second kappa shape index (κ2) is 10.7. The van der Waals surface area contributed by atoms with Gasteiger partial charge in [0.25, 0.3) is 5.91 Å². The standard InChI is InChI=1S/C22H24Cl2N2O4/c1-29-22(28)19(26-21(27)20-17(23)5-2-6-18(20)24)12-14-7-9-15(10-8-14)30-16-4-3-11-25-13-16/h2,5-10,16,19,25H,3-4,11-13H2,1H3,(H,26,27)/t16-,19-/m0/s1. The smallest absolute Gasteiger partial charge is 0.328 e. The van der Waals surface area contributed by atoms with E-state index in [0.29, 0.717) is 0 Å². The average Bonchev–Trinajstić information content (AvgIpc) is 2.74. The van der Waals surface area contributed by atoms with Gasteiger partial charge in [0.2, 0.25) is 0 Å². The van der Waals surface area contributed by atoms with Crippen LogP contribution in [0.1, 0.15) is 28.8 Å². The van der Waals surface area contributed by atoms with E-state index >= 15 is 0 Å². The first-order valence-corrected chi connectivity index (χ1v) is 10.5. The van der Waals surface area contributed by atoms with Crippen molar-refractivity contribution in [2.75, 3.05) is 20.2 Å². The molecule has 0 spiro atoms. The lowest BCUT2D eigenvalue weighted by atomic mass is 10.0. The Hall–Kier alpha value is -2.28. The molecule has 1 heterocycles. The van der Waals surface area contributed by atoms with Crippen LogP contribution in [0.5, 0.6) is 5.75 Å². The van der Waals surface area contributed by atoms with Crippen LogP contribution in [0.4, 0.5) is 0 Å². The van der Waals surface area contributed by atoms with Crippen LogP contribution >= 0.6 is 23.2 Å². The Labute approximate surface area is 185 Å². The summed E-state index contributed by atoms with van der Waals surface area (Å²) in [5.41, 5.74) is 0.977. The molecule has 0 bridgehead atoms. The van der Waals surface area contributed by atoms with Crippen molar-refractivity contribution < 1.29 is 19.1 Å². The second-order valence-corrected chi connectivity index (χ2v) is 7.89. The van der Waals surface area contributed by atoms with Crippen molar-refractivity contribution in [3.63, 3.8) is 0 Å². The lowest BCUT2D eigenvalue weighted by molar-refractivity contribution is -0.142. The first-order valence-electron chi connectivity index (χ1n) is 9.77. The van der Waals surface area contributed by atoms with Crippen molar-refractivity contribution in [1.82, 2.24) is 10.6 Å². The molecule has 1 amide bonds. The number of carbonyl (C=O) groups excluding carboxylic acids is 2. The van der Waals surface area contributed by atoms with E-state index in [2.05, 4.69) is 10.6 Å². The van der Waals surface area contributed by atoms with E-state index in [1.165, 1.54) is 7.11 Å². The van der Waals surface area contributed by atoms with Crippen molar-refractivity contribution in [2.24, 2.45) is 0 Å². The van der Waals surface area contributed by atoms with Gasteiger partial charge in [-0.2, -0.15) is 0 Å². The van der Waals surface area contributed by atoms with Crippen molar-refractivity contribution in [3.05, 3.63) is 63.6 Å². The van der Waals surface area contributed by atoms with Crippen LogP contribution in [0.2, 0.25) is 10.0 Å². The maximum Gasteiger partial charge on any atom is 0.328 e. The van der Waals surface area contributed by atoms with Gasteiger partial charge in [-0.3, -0.25) is 4.79 Å². The van der Waals surface area contributed by atoms with E-state index in [-0.39, 0.29) is 28.1 Å². The average molecular weight is 451 g/mol. The number of esters is 1. The molecule has 3 rings (SSSR count). The molecule has 2 aromatic rings. The quantitative estimate of drug-likeness (QED) is 0.629. The molecule has 30 heavy (non-hydrogen) atoms. The highest BCUT2D eigenvalue weighted by Crippen LogP contribution is 2.24. The van der Waals surface area contributed by atoms with Gasteiger partial charge in [0.05, 0.1) is 22.7 Å². The Morgan fingerprint density at radius 3 is 2.47 bits per heavy atom. The monoisotopic (exact) mass is 450 g/mol. The van der Waals surface area contributed by atoms with E-state index in [1.54, 1.807) is 18.2 Å². The number of nitrogens with one attached hydrogen (secondary N) is 2. The van der Waals surface area contributed by atoms with Crippen LogP contribution in [0.3, 0.4) is 0 Å². The number of benzene rings is 2. The van der Waals surface area contributed by atoms with Crippen molar-refractivity contribution in [3.8, 4) is 5.75 Å². The molecule has 0 unspecified atom stereocenters. The minimum absolute atomic E-state index is 0.125. The lowest BCUT2D eigenvalue weighted by Gasteiger charge is -2.24. The fourth-order valence-corrected chi connectivity index (χ4v) is 3.90. The zero-order valence-electron chi connectivity index (χ0n) is 16.6. The zero-order chi connectivity index (χ0) is 21.5. The summed E-state index contributed by atoms with van der Waals surface area (Å²) in [6.45, 7) is 1.86. The molecule has 2 N–H and O–H groups in total. The molecule has 160 valence electrons. The van der Waals surface area contributed by atoms with E-state index in [4.69, 9.17) is 32.7 Å². The van der Waals surface area contributed by atoms with Crippen LogP contribution in [-0.4, -0.2) is 44.2 Å². The number of hydrogen-bond donors (Lipinski definition) is 2. The third-order valence-corrected chi connectivity index (χ3v) is 5.53. The number of hydrogen-bond acceptors (Lipinski definition) is 5. The first kappa shape index (κ1) is 22.4. The summed E-state index contributed by atoms with van der Waals surface area (Å²) in [6.07, 6.45) is 2.53. The highest BCUT2D eigenvalue weighted by atomic mass is 35.5. The highest BCUT2D eigenvalue weighted by Gasteiger charge is 2.25. The van der Waals surface area contributed by atoms with Crippen LogP contribution in [0.25, 0.3) is 0 Å². The molecular formula is C22H24Cl2N2O4. The fraction of sp³-hybridized carbons (Fsp3) is 0.364. The number of rotatable bonds is 7. The van der Waals surface area contributed by atoms with Crippen molar-refractivity contribution >= 4 is 35.1 Å². The molecule has 0 saturated carbocycles. The maximum absolute atomic E-state index is 12.7. The molecule has 2 aromatic carbocycles. The molecule has 0 radical (unpaired) electrons. The highest BCUT2D eigenvalue weighted by molar-refractivity contribution is 6.39. The SMILES string of the molecule is COC(=O)[C@H](Cc1ccc(O[C@H]2CCCNC2)cc1)NC(=O)c1c(Cl)cccc1Cl. The number of piperidine rings is 1. The van der Waals surface area contributed by atoms with Crippen LogP contribution in [0, 0.1) is 0 Å². The topological polar surface area (TPSA) is 76.7 Å². The number of methoxy groups -OCH3 is 1. The molecule has 2 atom stereocenters. The van der Waals surface area contributed by atoms with Gasteiger partial charge in [-0.25, -0.2) is 4.79 Å². The van der Waals surface area contributed by atoms with Crippen LogP contribution in [-0.2, 0) is 16.0 Å². The maximum atomic E-state index is 12.7. The summed E-state index contributed by atoms with van der Waals surface area (Å²) < 4.78 is 10.8. The molecule has 1 aliphatic heterocycles. The predicted octanol–water partition coefficient (Wildman–Crippen LogP) is 3.64. The van der Waals surface area contributed by atoms with Gasteiger partial charge in [-0.1, -0.05) is 41.4 Å². The van der Waals surface area contributed by atoms with Crippen molar-refractivity contribution in [1.29, 1.82) is 0 Å². The summed E-state index contributed by atoms with van der Waals surface area (Å²) in [5, 5.41) is 6.41. The van der Waals surface area contributed by atoms with Crippen LogP contribution in [0.15, 0.2) is 42.5 Å². The summed E-state index contributed by atoms with van der Waals surface area (Å²) in [4.78, 5) is 24.9. The van der Waals surface area contributed by atoms with Gasteiger partial charge in [0.15, 0.2) is 0 Å². The molecular weight excluding hydrogens is 427 g/mol. The third kappa shape index (κ3) is 5.88. The Morgan fingerprint density at radius 2 is 1.87 bits per heavy atom. The summed E-state index contributed by atoms with van der Waals surface area (Å²) >= 11 is 12.2. The van der Waals surface area contributed by atoms with E-state index in [9.17, 15) is 9.59 Å². The first-order chi connectivity index (χ1) is 14.5. The van der Waals surface area contributed by atoms with Crippen molar-refractivity contribution in [2.45, 2.75) is 31.4 Å². The summed E-state index contributed by atoms with van der Waals surface area (Å²) in [6, 6.07) is 11.4. The van der Waals surface area contributed by atoms with E-state index < -0.39 is 17.9 Å². The minimum atomic E-state index is -0.885. The normalized spacial score (nSPS) is 17.1. The molecule has 6 nitrogen and oxygen atoms in total. The summed E-state index contributed by atoms with van der Waals surface area (Å²) in [7, 11) is 1.28. The van der Waals surface area contributed by atoms with E-state index in [0.717, 1.165) is 37.2 Å². The molecule has 8 heteroatoms. The van der Waals surface area contributed by atoms with Gasteiger partial charge in [-0.15, -0.1) is 0 Å². The Balaban J connectivity index is 1.67. The van der Waals surface area contributed by atoms with E-state index in [1.807, 2.05) is 24.3 Å². The van der Waals surface area contributed by atoms with Gasteiger partial charge in [0.1, 0.15) is 17.9 Å². The van der Waals surface area contributed by atoms with Gasteiger partial charge < -0.3 is 20.1 Å². The van der Waals surface area contributed by atoms with Gasteiger partial charge in [0, 0.05) is 13.0 Å². The summed E-state index contributed by atoms with van der Waals surface area (Å²) in [5.74, 6) is -0.320. The lowest BCUT2D eigenvalue weighted by Crippen LogP contribution is -2.43. The Kier molecular flexibility index (Phi) is 7.96. The Morgan fingerprint density at radius 1 is 1.17 bits per heavy atom. The Bertz CT molecular complexity index is 863. The molecule has 1 aliphatic rings. The number of carbonyl (C=O) groups is 2. The number of ether oxygens (including phenoxy) is 2. The van der Waals surface area contributed by atoms with Gasteiger partial charge in [-0.05, 0) is 49.2 Å². The third-order valence-electron chi connectivity index (χ3n) is 4.90. The largest absolute Gasteiger partial charge is 0.489 e. The minimum Gasteiger partial charge on any atom is -0.489 e. The molecule has 0 aromatic heterocycles. The predicted molar refractivity (Wildman–Crippen MR) is 116 cm³/mol.